The number of ether oxygens (including phenoxy) is 2. The molecule has 0 spiro atoms. The normalized spacial score (nSPS) is 16.3. The average molecular weight is 319 g/mol. The van der Waals surface area contributed by atoms with E-state index >= 15 is 0 Å². The summed E-state index contributed by atoms with van der Waals surface area (Å²) in [6.45, 7) is 6.19. The number of hydrogen-bond acceptors (Lipinski definition) is 5. The molecule has 22 heavy (non-hydrogen) atoms. The lowest BCUT2D eigenvalue weighted by molar-refractivity contribution is -0.122. The summed E-state index contributed by atoms with van der Waals surface area (Å²) in [6, 6.07) is 5.36. The first-order valence-corrected chi connectivity index (χ1v) is 7.59. The van der Waals surface area contributed by atoms with Crippen molar-refractivity contribution in [2.75, 3.05) is 20.3 Å². The first kappa shape index (κ1) is 16.2. The van der Waals surface area contributed by atoms with Crippen LogP contribution in [0, 0.1) is 0 Å². The summed E-state index contributed by atoms with van der Waals surface area (Å²) < 4.78 is 10.7. The Hall–Kier alpha value is -2.21. The lowest BCUT2D eigenvalue weighted by Crippen LogP contribution is -2.27. The minimum absolute atomic E-state index is 0.217. The van der Waals surface area contributed by atoms with Gasteiger partial charge in [-0.1, -0.05) is 12.1 Å². The molecule has 0 N–H and O–H groups in total. The van der Waals surface area contributed by atoms with Crippen LogP contribution in [0.15, 0.2) is 35.8 Å². The molecule has 116 valence electrons. The molecule has 2 rings (SSSR count). The first-order chi connectivity index (χ1) is 10.6. The lowest BCUT2D eigenvalue weighted by Gasteiger charge is -2.10. The zero-order valence-corrected chi connectivity index (χ0v) is 13.3. The molecule has 0 radical (unpaired) electrons. The second kappa shape index (κ2) is 7.17. The Morgan fingerprint density at radius 1 is 1.32 bits per heavy atom. The second-order valence-corrected chi connectivity index (χ2v) is 5.42. The van der Waals surface area contributed by atoms with E-state index < -0.39 is 0 Å². The van der Waals surface area contributed by atoms with Gasteiger partial charge in [-0.15, -0.1) is 6.58 Å². The molecular weight excluding hydrogens is 302 g/mol. The highest BCUT2D eigenvalue weighted by molar-refractivity contribution is 8.18. The maximum atomic E-state index is 12.1. The van der Waals surface area contributed by atoms with Gasteiger partial charge in [-0.2, -0.15) is 0 Å². The van der Waals surface area contributed by atoms with Crippen molar-refractivity contribution in [3.63, 3.8) is 0 Å². The molecule has 2 amide bonds. The standard InChI is InChI=1S/C16H17NO4S/c1-4-8-17-15(18)14(22-16(17)19)10-11-6-7-12(21-5-2)13(9-11)20-3/h4,6-7,9-10H,1,5,8H2,2-3H3/b14-10+. The largest absolute Gasteiger partial charge is 0.493 e. The van der Waals surface area contributed by atoms with E-state index in [2.05, 4.69) is 6.58 Å². The zero-order chi connectivity index (χ0) is 16.1. The van der Waals surface area contributed by atoms with Gasteiger partial charge in [0.05, 0.1) is 18.6 Å². The number of carbonyl (C=O) groups is 2. The number of amides is 2. The van der Waals surface area contributed by atoms with E-state index in [9.17, 15) is 9.59 Å². The molecule has 1 aromatic carbocycles. The summed E-state index contributed by atoms with van der Waals surface area (Å²) in [5, 5.41) is -0.283. The Morgan fingerprint density at radius 2 is 2.09 bits per heavy atom. The number of methoxy groups -OCH3 is 1. The van der Waals surface area contributed by atoms with Crippen LogP contribution < -0.4 is 9.47 Å². The topological polar surface area (TPSA) is 55.8 Å². The summed E-state index contributed by atoms with van der Waals surface area (Å²) in [5.74, 6) is 0.922. The van der Waals surface area contributed by atoms with E-state index in [0.717, 1.165) is 22.2 Å². The van der Waals surface area contributed by atoms with Crippen LogP contribution in [0.3, 0.4) is 0 Å². The van der Waals surface area contributed by atoms with Crippen LogP contribution in [0.4, 0.5) is 4.79 Å². The van der Waals surface area contributed by atoms with Crippen LogP contribution >= 0.6 is 11.8 Å². The van der Waals surface area contributed by atoms with Crippen molar-refractivity contribution in [3.8, 4) is 11.5 Å². The number of rotatable bonds is 6. The van der Waals surface area contributed by atoms with Gasteiger partial charge >= 0.3 is 0 Å². The smallest absolute Gasteiger partial charge is 0.293 e. The number of thioether (sulfide) groups is 1. The van der Waals surface area contributed by atoms with E-state index in [4.69, 9.17) is 9.47 Å². The second-order valence-electron chi connectivity index (χ2n) is 4.42. The molecule has 1 saturated heterocycles. The number of carbonyl (C=O) groups excluding carboxylic acids is 2. The highest BCUT2D eigenvalue weighted by Crippen LogP contribution is 2.34. The highest BCUT2D eigenvalue weighted by Gasteiger charge is 2.34. The Kier molecular flexibility index (Phi) is 5.27. The first-order valence-electron chi connectivity index (χ1n) is 6.77. The maximum absolute atomic E-state index is 12.1. The number of nitrogens with zero attached hydrogens (tertiary/aromatic N) is 1. The molecule has 0 atom stereocenters. The van der Waals surface area contributed by atoms with Crippen molar-refractivity contribution < 1.29 is 19.1 Å². The summed E-state index contributed by atoms with van der Waals surface area (Å²) in [5.41, 5.74) is 0.768. The molecule has 1 aromatic rings. The maximum Gasteiger partial charge on any atom is 0.293 e. The van der Waals surface area contributed by atoms with Crippen LogP contribution in [-0.2, 0) is 4.79 Å². The Bertz CT molecular complexity index is 639. The molecule has 6 heteroatoms. The molecule has 1 fully saturated rings. The van der Waals surface area contributed by atoms with Gasteiger partial charge in [-0.25, -0.2) is 0 Å². The minimum Gasteiger partial charge on any atom is -0.493 e. The van der Waals surface area contributed by atoms with E-state index in [-0.39, 0.29) is 17.7 Å². The van der Waals surface area contributed by atoms with Crippen LogP contribution in [-0.4, -0.2) is 36.3 Å². The van der Waals surface area contributed by atoms with E-state index in [1.165, 1.54) is 6.08 Å². The van der Waals surface area contributed by atoms with Crippen LogP contribution in [0.25, 0.3) is 6.08 Å². The fourth-order valence-electron chi connectivity index (χ4n) is 1.99. The molecule has 1 aliphatic heterocycles. The third kappa shape index (κ3) is 3.33. The van der Waals surface area contributed by atoms with Crippen molar-refractivity contribution in [2.45, 2.75) is 6.92 Å². The Balaban J connectivity index is 2.28. The van der Waals surface area contributed by atoms with E-state index in [1.807, 2.05) is 13.0 Å². The van der Waals surface area contributed by atoms with Crippen molar-refractivity contribution >= 4 is 29.0 Å². The lowest BCUT2D eigenvalue weighted by atomic mass is 10.2. The molecule has 0 bridgehead atoms. The Morgan fingerprint density at radius 3 is 2.73 bits per heavy atom. The van der Waals surface area contributed by atoms with Gasteiger partial charge in [0.15, 0.2) is 11.5 Å². The van der Waals surface area contributed by atoms with E-state index in [0.29, 0.717) is 23.0 Å². The fourth-order valence-corrected chi connectivity index (χ4v) is 2.83. The third-order valence-electron chi connectivity index (χ3n) is 2.97. The highest BCUT2D eigenvalue weighted by atomic mass is 32.2. The summed E-state index contributed by atoms with van der Waals surface area (Å²) in [7, 11) is 1.56. The predicted octanol–water partition coefficient (Wildman–Crippen LogP) is 3.32. The molecule has 0 unspecified atom stereocenters. The zero-order valence-electron chi connectivity index (χ0n) is 12.5. The predicted molar refractivity (Wildman–Crippen MR) is 87.0 cm³/mol. The van der Waals surface area contributed by atoms with Gasteiger partial charge in [-0.3, -0.25) is 14.5 Å². The molecular formula is C16H17NO4S. The van der Waals surface area contributed by atoms with Crippen molar-refractivity contribution in [1.29, 1.82) is 0 Å². The van der Waals surface area contributed by atoms with Crippen molar-refractivity contribution in [2.24, 2.45) is 0 Å². The van der Waals surface area contributed by atoms with Gasteiger partial charge in [-0.05, 0) is 42.5 Å². The fraction of sp³-hybridized carbons (Fsp3) is 0.250. The molecule has 0 aliphatic carbocycles. The van der Waals surface area contributed by atoms with Gasteiger partial charge in [0.25, 0.3) is 11.1 Å². The van der Waals surface area contributed by atoms with Crippen molar-refractivity contribution in [1.82, 2.24) is 4.90 Å². The number of hydrogen-bond donors (Lipinski definition) is 0. The summed E-state index contributed by atoms with van der Waals surface area (Å²) >= 11 is 0.923. The summed E-state index contributed by atoms with van der Waals surface area (Å²) in [4.78, 5) is 25.5. The van der Waals surface area contributed by atoms with Gasteiger partial charge < -0.3 is 9.47 Å². The quantitative estimate of drug-likeness (QED) is 0.595. The van der Waals surface area contributed by atoms with Gasteiger partial charge in [0, 0.05) is 6.54 Å². The molecule has 0 aromatic heterocycles. The minimum atomic E-state index is -0.303. The van der Waals surface area contributed by atoms with Crippen LogP contribution in [0.2, 0.25) is 0 Å². The van der Waals surface area contributed by atoms with Gasteiger partial charge in [0.1, 0.15) is 0 Å². The van der Waals surface area contributed by atoms with E-state index in [1.54, 1.807) is 25.3 Å². The average Bonchev–Trinajstić information content (AvgIpc) is 2.77. The van der Waals surface area contributed by atoms with Gasteiger partial charge in [0.2, 0.25) is 0 Å². The number of benzene rings is 1. The molecule has 1 heterocycles. The summed E-state index contributed by atoms with van der Waals surface area (Å²) in [6.07, 6.45) is 3.20. The molecule has 5 nitrogen and oxygen atoms in total. The number of imide groups is 1. The SMILES string of the molecule is C=CCN1C(=O)S/C(=C/c2ccc(OCC)c(OC)c2)C1=O. The molecule has 0 saturated carbocycles. The molecule has 1 aliphatic rings. The van der Waals surface area contributed by atoms with Crippen LogP contribution in [0.5, 0.6) is 11.5 Å². The van der Waals surface area contributed by atoms with Crippen LogP contribution in [0.1, 0.15) is 12.5 Å². The monoisotopic (exact) mass is 319 g/mol. The Labute approximate surface area is 133 Å². The third-order valence-corrected chi connectivity index (χ3v) is 3.88. The van der Waals surface area contributed by atoms with Crippen molar-refractivity contribution in [3.05, 3.63) is 41.3 Å².